The number of rotatable bonds is 7. The van der Waals surface area contributed by atoms with Crippen molar-refractivity contribution in [2.24, 2.45) is 5.92 Å². The fraction of sp³-hybridized carbons (Fsp3) is 0.207. The lowest BCUT2D eigenvalue weighted by atomic mass is 10.00. The normalized spacial score (nSPS) is 13.4. The van der Waals surface area contributed by atoms with Crippen LogP contribution in [0.4, 0.5) is 0 Å². The first-order valence-electron chi connectivity index (χ1n) is 11.9. The maximum Gasteiger partial charge on any atom is 0.224 e. The molecule has 0 atom stereocenters. The largest absolute Gasteiger partial charge is 0.350 e. The first kappa shape index (κ1) is 20.6. The van der Waals surface area contributed by atoms with Gasteiger partial charge in [-0.05, 0) is 77.9 Å². The zero-order valence-electron chi connectivity index (χ0n) is 18.9. The number of amides is 1. The smallest absolute Gasteiger partial charge is 0.224 e. The van der Waals surface area contributed by atoms with E-state index in [1.807, 2.05) is 30.5 Å². The van der Waals surface area contributed by atoms with Crippen LogP contribution in [-0.4, -0.2) is 20.4 Å². The molecule has 1 aliphatic carbocycles. The molecule has 0 saturated heterocycles. The molecule has 34 heavy (non-hydrogen) atoms. The summed E-state index contributed by atoms with van der Waals surface area (Å²) < 4.78 is 2.34. The highest BCUT2D eigenvalue weighted by Crippen LogP contribution is 2.34. The summed E-state index contributed by atoms with van der Waals surface area (Å²) in [6.45, 7) is 1.46. The van der Waals surface area contributed by atoms with Crippen molar-refractivity contribution in [2.75, 3.05) is 0 Å². The minimum atomic E-state index is 0.0123. The molecule has 0 unspecified atom stereocenters. The molecule has 5 nitrogen and oxygen atoms in total. The van der Waals surface area contributed by atoms with Crippen LogP contribution in [0, 0.1) is 5.92 Å². The third-order valence-corrected chi connectivity index (χ3v) is 6.60. The Balaban J connectivity index is 1.32. The monoisotopic (exact) mass is 446 g/mol. The molecule has 0 aliphatic heterocycles. The van der Waals surface area contributed by atoms with Gasteiger partial charge in [0.05, 0.1) is 24.2 Å². The third-order valence-electron chi connectivity index (χ3n) is 6.60. The van der Waals surface area contributed by atoms with Gasteiger partial charge >= 0.3 is 0 Å². The van der Waals surface area contributed by atoms with Crippen molar-refractivity contribution in [2.45, 2.75) is 32.4 Å². The maximum atomic E-state index is 12.8. The quantitative estimate of drug-likeness (QED) is 0.358. The number of nitrogens with one attached hydrogen (secondary N) is 1. The van der Waals surface area contributed by atoms with Crippen LogP contribution in [0.3, 0.4) is 0 Å². The minimum Gasteiger partial charge on any atom is -0.350 e. The zero-order valence-corrected chi connectivity index (χ0v) is 18.9. The summed E-state index contributed by atoms with van der Waals surface area (Å²) in [5.74, 6) is 0.771. The second-order valence-corrected chi connectivity index (χ2v) is 9.17. The first-order chi connectivity index (χ1) is 16.7. The van der Waals surface area contributed by atoms with Crippen LogP contribution in [0.15, 0.2) is 85.3 Å². The van der Waals surface area contributed by atoms with Gasteiger partial charge in [-0.25, -0.2) is 0 Å². The Morgan fingerprint density at radius 2 is 1.79 bits per heavy atom. The van der Waals surface area contributed by atoms with Crippen LogP contribution >= 0.6 is 0 Å². The van der Waals surface area contributed by atoms with Crippen LogP contribution in [0.5, 0.6) is 0 Å². The lowest BCUT2D eigenvalue weighted by molar-refractivity contribution is -0.120. The highest BCUT2D eigenvalue weighted by atomic mass is 16.1. The van der Waals surface area contributed by atoms with Crippen molar-refractivity contribution in [3.8, 4) is 11.1 Å². The van der Waals surface area contributed by atoms with Crippen molar-refractivity contribution < 1.29 is 4.79 Å². The summed E-state index contributed by atoms with van der Waals surface area (Å²) in [6, 6.07) is 22.8. The van der Waals surface area contributed by atoms with E-state index in [-0.39, 0.29) is 5.91 Å². The molecule has 5 heteroatoms. The van der Waals surface area contributed by atoms with Gasteiger partial charge in [-0.3, -0.25) is 14.8 Å². The van der Waals surface area contributed by atoms with E-state index >= 15 is 0 Å². The first-order valence-corrected chi connectivity index (χ1v) is 11.9. The molecular formula is C29H26N4O. The number of hydrogen-bond donors (Lipinski definition) is 1. The lowest BCUT2D eigenvalue weighted by Gasteiger charge is -2.07. The van der Waals surface area contributed by atoms with E-state index in [1.165, 1.54) is 18.4 Å². The summed E-state index contributed by atoms with van der Waals surface area (Å²) in [4.78, 5) is 21.6. The Labute approximate surface area is 198 Å². The molecule has 0 spiro atoms. The Morgan fingerprint density at radius 1 is 0.941 bits per heavy atom. The molecular weight excluding hydrogens is 420 g/mol. The van der Waals surface area contributed by atoms with E-state index in [2.05, 4.69) is 68.5 Å². The van der Waals surface area contributed by atoms with Crippen molar-refractivity contribution in [3.05, 3.63) is 96.6 Å². The van der Waals surface area contributed by atoms with Gasteiger partial charge in [-0.2, -0.15) is 0 Å². The molecule has 1 amide bonds. The van der Waals surface area contributed by atoms with Gasteiger partial charge in [0, 0.05) is 41.4 Å². The van der Waals surface area contributed by atoms with Gasteiger partial charge in [-0.1, -0.05) is 24.3 Å². The molecule has 5 aromatic rings. The minimum absolute atomic E-state index is 0.0123. The SMILES string of the molecule is O=C(Cc1cn(CC2CC2)c2ccc(-c3ccc4ncccc4c3)cc12)NCc1ccccn1. The van der Waals surface area contributed by atoms with Crippen molar-refractivity contribution in [1.29, 1.82) is 0 Å². The fourth-order valence-corrected chi connectivity index (χ4v) is 4.60. The van der Waals surface area contributed by atoms with E-state index in [9.17, 15) is 4.79 Å². The second-order valence-electron chi connectivity index (χ2n) is 9.17. The summed E-state index contributed by atoms with van der Waals surface area (Å²) >= 11 is 0. The van der Waals surface area contributed by atoms with Crippen molar-refractivity contribution in [1.82, 2.24) is 19.9 Å². The number of fused-ring (bicyclic) bond motifs is 2. The third kappa shape index (κ3) is 4.29. The molecule has 6 rings (SSSR count). The van der Waals surface area contributed by atoms with Crippen LogP contribution in [-0.2, 0) is 24.3 Å². The Kier molecular flexibility index (Phi) is 5.30. The molecule has 2 aromatic carbocycles. The molecule has 1 aliphatic rings. The van der Waals surface area contributed by atoms with E-state index < -0.39 is 0 Å². The van der Waals surface area contributed by atoms with Gasteiger partial charge in [0.15, 0.2) is 0 Å². The molecule has 0 bridgehead atoms. The van der Waals surface area contributed by atoms with Crippen LogP contribution in [0.1, 0.15) is 24.1 Å². The molecule has 1 N–H and O–H groups in total. The topological polar surface area (TPSA) is 59.8 Å². The Hall–Kier alpha value is -3.99. The number of carbonyl (C=O) groups excluding carboxylic acids is 1. The zero-order chi connectivity index (χ0) is 22.9. The van der Waals surface area contributed by atoms with Gasteiger partial charge in [-0.15, -0.1) is 0 Å². The predicted octanol–water partition coefficient (Wildman–Crippen LogP) is 5.52. The second kappa shape index (κ2) is 8.75. The molecule has 3 aromatic heterocycles. The van der Waals surface area contributed by atoms with Crippen molar-refractivity contribution in [3.63, 3.8) is 0 Å². The average Bonchev–Trinajstić information content (AvgIpc) is 3.64. The van der Waals surface area contributed by atoms with Gasteiger partial charge in [0.1, 0.15) is 0 Å². The Morgan fingerprint density at radius 3 is 2.65 bits per heavy atom. The van der Waals surface area contributed by atoms with Gasteiger partial charge in [0.2, 0.25) is 5.91 Å². The van der Waals surface area contributed by atoms with E-state index in [0.29, 0.717) is 13.0 Å². The van der Waals surface area contributed by atoms with Crippen LogP contribution in [0.25, 0.3) is 32.9 Å². The molecule has 3 heterocycles. The standard InChI is InChI=1S/C29H26N4O/c34-29(32-17-25-5-1-2-12-30-25)16-24-19-33(18-20-6-7-20)28-11-9-22(15-26(24)28)21-8-10-27-23(14-21)4-3-13-31-27/h1-5,8-15,19-20H,6-7,16-18H2,(H,32,34). The predicted molar refractivity (Wildman–Crippen MR) is 135 cm³/mol. The lowest BCUT2D eigenvalue weighted by Crippen LogP contribution is -2.24. The number of aromatic nitrogens is 3. The van der Waals surface area contributed by atoms with Crippen molar-refractivity contribution >= 4 is 27.7 Å². The Bertz CT molecular complexity index is 1480. The highest BCUT2D eigenvalue weighted by molar-refractivity contribution is 5.93. The summed E-state index contributed by atoms with van der Waals surface area (Å²) in [5.41, 5.74) is 6.43. The molecule has 1 fully saturated rings. The maximum absolute atomic E-state index is 12.8. The van der Waals surface area contributed by atoms with Gasteiger partial charge in [0.25, 0.3) is 0 Å². The number of pyridine rings is 2. The van der Waals surface area contributed by atoms with Gasteiger partial charge < -0.3 is 9.88 Å². The highest BCUT2D eigenvalue weighted by Gasteiger charge is 2.23. The van der Waals surface area contributed by atoms with Crippen LogP contribution in [0.2, 0.25) is 0 Å². The average molecular weight is 447 g/mol. The number of carbonyl (C=O) groups is 1. The summed E-state index contributed by atoms with van der Waals surface area (Å²) in [6.07, 6.45) is 8.69. The van der Waals surface area contributed by atoms with E-state index in [4.69, 9.17) is 0 Å². The van der Waals surface area contributed by atoms with E-state index in [0.717, 1.165) is 51.1 Å². The summed E-state index contributed by atoms with van der Waals surface area (Å²) in [5, 5.41) is 5.30. The number of hydrogen-bond acceptors (Lipinski definition) is 3. The number of benzene rings is 2. The van der Waals surface area contributed by atoms with E-state index in [1.54, 1.807) is 6.20 Å². The fourth-order valence-electron chi connectivity index (χ4n) is 4.60. The number of nitrogens with zero attached hydrogens (tertiary/aromatic N) is 3. The molecule has 0 radical (unpaired) electrons. The molecule has 168 valence electrons. The van der Waals surface area contributed by atoms with Crippen LogP contribution < -0.4 is 5.32 Å². The summed E-state index contributed by atoms with van der Waals surface area (Å²) in [7, 11) is 0. The molecule has 1 saturated carbocycles.